The molecule has 0 rings (SSSR count). The van der Waals surface area contributed by atoms with Gasteiger partial charge in [-0.2, -0.15) is 0 Å². The van der Waals surface area contributed by atoms with Crippen LogP contribution in [-0.4, -0.2) is 56.4 Å². The van der Waals surface area contributed by atoms with E-state index in [9.17, 15) is 19.8 Å². The van der Waals surface area contributed by atoms with Gasteiger partial charge in [0.05, 0.1) is 12.5 Å². The fraction of sp³-hybridized carbons (Fsp3) is 0.778. The number of ketones is 2. The van der Waals surface area contributed by atoms with E-state index in [0.717, 1.165) is 0 Å². The van der Waals surface area contributed by atoms with Crippen molar-refractivity contribution in [3.63, 3.8) is 0 Å². The number of carbonyl (C=O) groups is 2. The van der Waals surface area contributed by atoms with E-state index < -0.39 is 42.4 Å². The molecule has 0 heterocycles. The summed E-state index contributed by atoms with van der Waals surface area (Å²) in [5, 5.41) is 36.5. The molecular weight excluding hydrogens is 204 g/mol. The maximum Gasteiger partial charge on any atom is 0.171 e. The van der Waals surface area contributed by atoms with Crippen molar-refractivity contribution in [1.82, 2.24) is 0 Å². The summed E-state index contributed by atoms with van der Waals surface area (Å²) in [6.07, 6.45) is -7.07. The lowest BCUT2D eigenvalue weighted by Gasteiger charge is -2.23. The Bertz CT molecular complexity index is 237. The molecular formula is C9H16O6. The molecule has 0 saturated heterocycles. The van der Waals surface area contributed by atoms with Crippen molar-refractivity contribution in [2.75, 3.05) is 0 Å². The molecule has 0 unspecified atom stereocenters. The molecule has 88 valence electrons. The second kappa shape index (κ2) is 5.92. The molecule has 0 aromatic rings. The van der Waals surface area contributed by atoms with Crippen molar-refractivity contribution in [1.29, 1.82) is 0 Å². The van der Waals surface area contributed by atoms with Crippen LogP contribution in [0.3, 0.4) is 0 Å². The van der Waals surface area contributed by atoms with Gasteiger partial charge in [0.15, 0.2) is 5.78 Å². The maximum atomic E-state index is 11.1. The third-order valence-electron chi connectivity index (χ3n) is 1.92. The van der Waals surface area contributed by atoms with Gasteiger partial charge >= 0.3 is 0 Å². The lowest BCUT2D eigenvalue weighted by atomic mass is 9.99. The molecule has 4 atom stereocenters. The Balaban J connectivity index is 4.36. The molecule has 6 heteroatoms. The topological polar surface area (TPSA) is 115 Å². The maximum absolute atomic E-state index is 11.1. The van der Waals surface area contributed by atoms with E-state index in [-0.39, 0.29) is 0 Å². The minimum absolute atomic E-state index is 0.446. The van der Waals surface area contributed by atoms with Gasteiger partial charge < -0.3 is 20.4 Å². The average molecular weight is 220 g/mol. The Kier molecular flexibility index (Phi) is 5.59. The highest BCUT2D eigenvalue weighted by atomic mass is 16.4. The second-order valence-corrected chi connectivity index (χ2v) is 3.51. The number of aliphatic hydroxyl groups is 4. The van der Waals surface area contributed by atoms with Gasteiger partial charge in [-0.25, -0.2) is 0 Å². The number of aliphatic hydroxyl groups excluding tert-OH is 4. The van der Waals surface area contributed by atoms with Gasteiger partial charge in [0.25, 0.3) is 0 Å². The van der Waals surface area contributed by atoms with Gasteiger partial charge in [0.2, 0.25) is 0 Å². The van der Waals surface area contributed by atoms with Crippen LogP contribution < -0.4 is 0 Å². The van der Waals surface area contributed by atoms with Crippen molar-refractivity contribution >= 4 is 11.6 Å². The van der Waals surface area contributed by atoms with Crippen LogP contribution in [0.5, 0.6) is 0 Å². The van der Waals surface area contributed by atoms with Crippen LogP contribution in [0.4, 0.5) is 0 Å². The number of hydrogen-bond donors (Lipinski definition) is 4. The Morgan fingerprint density at radius 1 is 1.07 bits per heavy atom. The van der Waals surface area contributed by atoms with E-state index in [2.05, 4.69) is 0 Å². The highest BCUT2D eigenvalue weighted by Crippen LogP contribution is 2.07. The van der Waals surface area contributed by atoms with Gasteiger partial charge in [-0.15, -0.1) is 0 Å². The monoisotopic (exact) mass is 220 g/mol. The van der Waals surface area contributed by atoms with Crippen molar-refractivity contribution < 1.29 is 30.0 Å². The largest absolute Gasteiger partial charge is 0.391 e. The minimum atomic E-state index is -1.86. The third kappa shape index (κ3) is 4.48. The highest BCUT2D eigenvalue weighted by Gasteiger charge is 2.32. The molecule has 0 aliphatic carbocycles. The first-order valence-electron chi connectivity index (χ1n) is 4.51. The van der Waals surface area contributed by atoms with Crippen molar-refractivity contribution in [3.05, 3.63) is 0 Å². The molecule has 15 heavy (non-hydrogen) atoms. The van der Waals surface area contributed by atoms with E-state index in [4.69, 9.17) is 10.2 Å². The first-order valence-corrected chi connectivity index (χ1v) is 4.51. The van der Waals surface area contributed by atoms with Crippen LogP contribution in [0, 0.1) is 0 Å². The molecule has 0 aliphatic rings. The zero-order chi connectivity index (χ0) is 12.2. The molecule has 0 aromatic heterocycles. The van der Waals surface area contributed by atoms with Gasteiger partial charge in [-0.05, 0) is 13.8 Å². The van der Waals surface area contributed by atoms with E-state index in [1.165, 1.54) is 13.8 Å². The quantitative estimate of drug-likeness (QED) is 0.385. The summed E-state index contributed by atoms with van der Waals surface area (Å²) in [5.41, 5.74) is 0. The SMILES string of the molecule is CC(=O)CC(=O)[C@H](O)[C@@H](O)[C@H](O)[C@@H](C)O. The fourth-order valence-electron chi connectivity index (χ4n) is 1.01. The summed E-state index contributed by atoms with van der Waals surface area (Å²) in [5.74, 6) is -1.33. The van der Waals surface area contributed by atoms with Gasteiger partial charge in [0.1, 0.15) is 24.1 Å². The summed E-state index contributed by atoms with van der Waals surface area (Å²) < 4.78 is 0. The summed E-state index contributed by atoms with van der Waals surface area (Å²) in [4.78, 5) is 21.7. The zero-order valence-corrected chi connectivity index (χ0v) is 8.62. The zero-order valence-electron chi connectivity index (χ0n) is 8.62. The van der Waals surface area contributed by atoms with Crippen molar-refractivity contribution in [2.24, 2.45) is 0 Å². The Morgan fingerprint density at radius 3 is 1.87 bits per heavy atom. The predicted molar refractivity (Wildman–Crippen MR) is 50.0 cm³/mol. The molecule has 0 spiro atoms. The molecule has 0 amide bonds. The number of Topliss-reactive ketones (excluding diaryl/α,β-unsaturated/α-hetero) is 2. The molecule has 6 nitrogen and oxygen atoms in total. The van der Waals surface area contributed by atoms with Gasteiger partial charge in [0, 0.05) is 0 Å². The third-order valence-corrected chi connectivity index (χ3v) is 1.92. The highest BCUT2D eigenvalue weighted by molar-refractivity contribution is 6.00. The molecule has 0 saturated carbocycles. The second-order valence-electron chi connectivity index (χ2n) is 3.51. The van der Waals surface area contributed by atoms with Crippen LogP contribution in [0.1, 0.15) is 20.3 Å². The summed E-state index contributed by atoms with van der Waals surface area (Å²) in [7, 11) is 0. The number of carbonyl (C=O) groups excluding carboxylic acids is 2. The van der Waals surface area contributed by atoms with Crippen LogP contribution in [-0.2, 0) is 9.59 Å². The minimum Gasteiger partial charge on any atom is -0.391 e. The van der Waals surface area contributed by atoms with E-state index in [1.54, 1.807) is 0 Å². The summed E-state index contributed by atoms with van der Waals surface area (Å²) >= 11 is 0. The van der Waals surface area contributed by atoms with Crippen LogP contribution in [0.15, 0.2) is 0 Å². The standard InChI is InChI=1S/C9H16O6/c1-4(10)3-6(12)8(14)9(15)7(13)5(2)11/h5,7-9,11,13-15H,3H2,1-2H3/t5-,7-,8+,9+/m1/s1. The van der Waals surface area contributed by atoms with E-state index in [1.807, 2.05) is 0 Å². The van der Waals surface area contributed by atoms with E-state index in [0.29, 0.717) is 0 Å². The predicted octanol–water partition coefficient (Wildman–Crippen LogP) is -2.00. The molecule has 4 N–H and O–H groups in total. The lowest BCUT2D eigenvalue weighted by Crippen LogP contribution is -2.47. The number of rotatable bonds is 6. The fourth-order valence-corrected chi connectivity index (χ4v) is 1.01. The summed E-state index contributed by atoms with van der Waals surface area (Å²) in [6.45, 7) is 2.37. The van der Waals surface area contributed by atoms with Crippen LogP contribution in [0.2, 0.25) is 0 Å². The van der Waals surface area contributed by atoms with Crippen molar-refractivity contribution in [3.8, 4) is 0 Å². The first kappa shape index (κ1) is 14.2. The molecule has 0 aliphatic heterocycles. The molecule has 0 fully saturated rings. The molecule has 0 bridgehead atoms. The van der Waals surface area contributed by atoms with E-state index >= 15 is 0 Å². The Hall–Kier alpha value is -0.820. The average Bonchev–Trinajstić information content (AvgIpc) is 2.13. The summed E-state index contributed by atoms with van der Waals surface area (Å²) in [6, 6.07) is 0. The van der Waals surface area contributed by atoms with Crippen molar-refractivity contribution in [2.45, 2.75) is 44.7 Å². The Morgan fingerprint density at radius 2 is 1.53 bits per heavy atom. The first-order chi connectivity index (χ1) is 6.77. The van der Waals surface area contributed by atoms with Gasteiger partial charge in [-0.1, -0.05) is 0 Å². The Labute approximate surface area is 87.2 Å². The molecule has 0 aromatic carbocycles. The normalized spacial score (nSPS) is 19.1. The lowest BCUT2D eigenvalue weighted by molar-refractivity contribution is -0.145. The number of hydrogen-bond acceptors (Lipinski definition) is 6. The van der Waals surface area contributed by atoms with Gasteiger partial charge in [-0.3, -0.25) is 9.59 Å². The van der Waals surface area contributed by atoms with Crippen LogP contribution in [0.25, 0.3) is 0 Å². The van der Waals surface area contributed by atoms with Crippen LogP contribution >= 0.6 is 0 Å². The molecule has 0 radical (unpaired) electrons. The smallest absolute Gasteiger partial charge is 0.171 e.